The van der Waals surface area contributed by atoms with E-state index in [0.29, 0.717) is 6.92 Å². The predicted octanol–water partition coefficient (Wildman–Crippen LogP) is 3.96. The fourth-order valence-corrected chi connectivity index (χ4v) is 0.845. The van der Waals surface area contributed by atoms with Gasteiger partial charge < -0.3 is 0 Å². The molecule has 0 fully saturated rings. The zero-order valence-electron chi connectivity index (χ0n) is 7.52. The fraction of sp³-hybridized carbons (Fsp3) is 1.00. The van der Waals surface area contributed by atoms with Crippen molar-refractivity contribution in [1.82, 2.24) is 0 Å². The van der Waals surface area contributed by atoms with Crippen LogP contribution in [0.5, 0.6) is 0 Å². The lowest BCUT2D eigenvalue weighted by Crippen LogP contribution is -2.46. The molecule has 0 amide bonds. The third-order valence-corrected chi connectivity index (χ3v) is 1.65. The summed E-state index contributed by atoms with van der Waals surface area (Å²) in [6.07, 6.45) is -13.7. The van der Waals surface area contributed by atoms with Crippen LogP contribution in [0.4, 0.5) is 35.1 Å². The monoisotopic (exact) mass is 244 g/mol. The summed E-state index contributed by atoms with van der Waals surface area (Å²) in [6, 6.07) is 0. The van der Waals surface area contributed by atoms with Gasteiger partial charge in [0.05, 0.1) is 0 Å². The van der Waals surface area contributed by atoms with Crippen molar-refractivity contribution in [2.24, 2.45) is 0 Å². The smallest absolute Gasteiger partial charge is 0.234 e. The van der Waals surface area contributed by atoms with E-state index in [0.717, 1.165) is 0 Å². The lowest BCUT2D eigenvalue weighted by molar-refractivity contribution is -0.238. The van der Waals surface area contributed by atoms with E-state index in [4.69, 9.17) is 0 Å². The second-order valence-electron chi connectivity index (χ2n) is 3.03. The van der Waals surface area contributed by atoms with Gasteiger partial charge in [0.25, 0.3) is 11.8 Å². The topological polar surface area (TPSA) is 0 Å². The predicted molar refractivity (Wildman–Crippen MR) is 35.8 cm³/mol. The first-order chi connectivity index (χ1) is 6.42. The number of hydrogen-bond acceptors (Lipinski definition) is 0. The molecular formula is C7H8F8. The Hall–Kier alpha value is -0.560. The molecule has 0 aliphatic carbocycles. The highest BCUT2D eigenvalue weighted by atomic mass is 19.4. The van der Waals surface area contributed by atoms with E-state index in [-0.39, 0.29) is 0 Å². The Morgan fingerprint density at radius 3 is 1.53 bits per heavy atom. The van der Waals surface area contributed by atoms with Crippen LogP contribution in [0.25, 0.3) is 0 Å². The second-order valence-corrected chi connectivity index (χ2v) is 3.03. The van der Waals surface area contributed by atoms with E-state index in [2.05, 4.69) is 0 Å². The molecule has 0 nitrogen and oxygen atoms in total. The highest BCUT2D eigenvalue weighted by molar-refractivity contribution is 4.89. The van der Waals surface area contributed by atoms with Gasteiger partial charge in [0.2, 0.25) is 6.17 Å². The maximum absolute atomic E-state index is 12.5. The zero-order valence-corrected chi connectivity index (χ0v) is 7.52. The Balaban J connectivity index is 4.73. The van der Waals surface area contributed by atoms with Crippen molar-refractivity contribution in [3.8, 4) is 0 Å². The van der Waals surface area contributed by atoms with E-state index >= 15 is 0 Å². The third kappa shape index (κ3) is 4.21. The SMILES string of the molecule is CCC(F)(F)[C@H](F)C(F)(F)CC(F)(F)F. The van der Waals surface area contributed by atoms with Gasteiger partial charge in [-0.3, -0.25) is 0 Å². The number of rotatable bonds is 4. The Labute approximate surface area is 80.3 Å². The van der Waals surface area contributed by atoms with Crippen molar-refractivity contribution in [3.05, 3.63) is 0 Å². The van der Waals surface area contributed by atoms with E-state index < -0.39 is 37.0 Å². The Morgan fingerprint density at radius 2 is 1.27 bits per heavy atom. The average Bonchev–Trinajstić information content (AvgIpc) is 1.98. The van der Waals surface area contributed by atoms with Crippen molar-refractivity contribution in [3.63, 3.8) is 0 Å². The molecule has 0 bridgehead atoms. The van der Waals surface area contributed by atoms with Crippen molar-refractivity contribution in [1.29, 1.82) is 0 Å². The minimum Gasteiger partial charge on any atom is -0.234 e. The average molecular weight is 244 g/mol. The van der Waals surface area contributed by atoms with Crippen LogP contribution in [0.15, 0.2) is 0 Å². The molecule has 92 valence electrons. The van der Waals surface area contributed by atoms with Crippen LogP contribution in [0, 0.1) is 0 Å². The molecule has 0 aliphatic heterocycles. The molecule has 1 atom stereocenters. The molecule has 0 saturated heterocycles. The van der Waals surface area contributed by atoms with Gasteiger partial charge in [-0.25, -0.2) is 22.0 Å². The van der Waals surface area contributed by atoms with Gasteiger partial charge in [0.1, 0.15) is 6.42 Å². The van der Waals surface area contributed by atoms with Crippen molar-refractivity contribution in [2.75, 3.05) is 0 Å². The summed E-state index contributed by atoms with van der Waals surface area (Å²) < 4.78 is 96.7. The molecule has 0 aromatic heterocycles. The van der Waals surface area contributed by atoms with Gasteiger partial charge in [-0.1, -0.05) is 6.92 Å². The van der Waals surface area contributed by atoms with Crippen molar-refractivity contribution < 1.29 is 35.1 Å². The van der Waals surface area contributed by atoms with Crippen LogP contribution >= 0.6 is 0 Å². The molecule has 0 radical (unpaired) electrons. The van der Waals surface area contributed by atoms with E-state index in [1.807, 2.05) is 0 Å². The van der Waals surface area contributed by atoms with Crippen LogP contribution < -0.4 is 0 Å². The highest BCUT2D eigenvalue weighted by Gasteiger charge is 2.58. The van der Waals surface area contributed by atoms with Gasteiger partial charge in [-0.15, -0.1) is 0 Å². The zero-order chi connectivity index (χ0) is 12.5. The van der Waals surface area contributed by atoms with Gasteiger partial charge in [0, 0.05) is 6.42 Å². The molecule has 0 rings (SSSR count). The second kappa shape index (κ2) is 4.13. The summed E-state index contributed by atoms with van der Waals surface area (Å²) in [6.45, 7) is 0.705. The van der Waals surface area contributed by atoms with E-state index in [9.17, 15) is 35.1 Å². The quantitative estimate of drug-likeness (QED) is 0.656. The van der Waals surface area contributed by atoms with Gasteiger partial charge in [0.15, 0.2) is 0 Å². The van der Waals surface area contributed by atoms with Crippen LogP contribution in [0.3, 0.4) is 0 Å². The molecule has 15 heavy (non-hydrogen) atoms. The summed E-state index contributed by atoms with van der Waals surface area (Å²) in [5.41, 5.74) is 0. The highest BCUT2D eigenvalue weighted by Crippen LogP contribution is 2.41. The molecule has 0 aromatic rings. The maximum Gasteiger partial charge on any atom is 0.394 e. The van der Waals surface area contributed by atoms with Crippen LogP contribution in [0.2, 0.25) is 0 Å². The summed E-state index contributed by atoms with van der Waals surface area (Å²) >= 11 is 0. The van der Waals surface area contributed by atoms with Crippen molar-refractivity contribution in [2.45, 2.75) is 44.0 Å². The first-order valence-corrected chi connectivity index (χ1v) is 3.89. The Bertz CT molecular complexity index is 206. The molecule has 0 aliphatic rings. The molecule has 0 saturated carbocycles. The number of alkyl halides is 8. The minimum atomic E-state index is -5.39. The van der Waals surface area contributed by atoms with Gasteiger partial charge in [-0.05, 0) is 0 Å². The van der Waals surface area contributed by atoms with Gasteiger partial charge >= 0.3 is 6.18 Å². The maximum atomic E-state index is 12.5. The summed E-state index contributed by atoms with van der Waals surface area (Å²) in [4.78, 5) is 0. The molecular weight excluding hydrogens is 236 g/mol. The molecule has 0 heterocycles. The van der Waals surface area contributed by atoms with E-state index in [1.165, 1.54) is 0 Å². The summed E-state index contributed by atoms with van der Waals surface area (Å²) in [7, 11) is 0. The first kappa shape index (κ1) is 14.4. The molecule has 0 unspecified atom stereocenters. The minimum absolute atomic E-state index is 0.705. The lowest BCUT2D eigenvalue weighted by Gasteiger charge is -2.27. The standard InChI is InChI=1S/C7H8F8/c1-2-5(9,10)4(8)6(11,12)3-7(13,14)15/h4H,2-3H2,1H3/t4-/m0/s1. The molecule has 0 N–H and O–H groups in total. The lowest BCUT2D eigenvalue weighted by atomic mass is 10.0. The first-order valence-electron chi connectivity index (χ1n) is 3.89. The Kier molecular flexibility index (Phi) is 3.98. The van der Waals surface area contributed by atoms with Crippen LogP contribution in [-0.2, 0) is 0 Å². The Morgan fingerprint density at radius 1 is 0.867 bits per heavy atom. The summed E-state index contributed by atoms with van der Waals surface area (Å²) in [5, 5.41) is 0. The summed E-state index contributed by atoms with van der Waals surface area (Å²) in [5.74, 6) is -9.58. The number of hydrogen-bond donors (Lipinski definition) is 0. The molecule has 0 spiro atoms. The van der Waals surface area contributed by atoms with Crippen molar-refractivity contribution >= 4 is 0 Å². The fourth-order valence-electron chi connectivity index (χ4n) is 0.845. The van der Waals surface area contributed by atoms with Gasteiger partial charge in [-0.2, -0.15) is 13.2 Å². The van der Waals surface area contributed by atoms with Crippen LogP contribution in [-0.4, -0.2) is 24.2 Å². The molecule has 0 aromatic carbocycles. The third-order valence-electron chi connectivity index (χ3n) is 1.65. The number of halogens is 8. The normalized spacial score (nSPS) is 16.6. The van der Waals surface area contributed by atoms with E-state index in [1.54, 1.807) is 0 Å². The largest absolute Gasteiger partial charge is 0.394 e. The van der Waals surface area contributed by atoms with Crippen LogP contribution in [0.1, 0.15) is 19.8 Å². The molecule has 8 heteroatoms.